The lowest BCUT2D eigenvalue weighted by Crippen LogP contribution is -2.19. The Labute approximate surface area is 196 Å². The SMILES string of the molecule is O=C(CCc1ccccc1)Nc1nc2c(nc1CCC1CCCCC1)-c1ccccc1CC2. The third kappa shape index (κ3) is 5.32. The number of aromatic nitrogens is 2. The molecule has 4 heteroatoms. The van der Waals surface area contributed by atoms with E-state index in [1.807, 2.05) is 18.2 Å². The number of hydrogen-bond acceptors (Lipinski definition) is 3. The van der Waals surface area contributed by atoms with Crippen LogP contribution in [-0.2, 0) is 30.5 Å². The zero-order valence-electron chi connectivity index (χ0n) is 19.4. The molecule has 0 radical (unpaired) electrons. The van der Waals surface area contributed by atoms with Gasteiger partial charge in [-0.05, 0) is 49.1 Å². The summed E-state index contributed by atoms with van der Waals surface area (Å²) in [5, 5.41) is 3.13. The summed E-state index contributed by atoms with van der Waals surface area (Å²) in [5.41, 5.74) is 6.69. The molecule has 170 valence electrons. The molecule has 33 heavy (non-hydrogen) atoms. The molecular formula is C29H33N3O. The molecule has 1 saturated carbocycles. The van der Waals surface area contributed by atoms with Crippen LogP contribution in [0.25, 0.3) is 11.3 Å². The van der Waals surface area contributed by atoms with Crippen LogP contribution in [0.5, 0.6) is 0 Å². The van der Waals surface area contributed by atoms with E-state index in [2.05, 4.69) is 41.7 Å². The number of fused-ring (bicyclic) bond motifs is 3. The van der Waals surface area contributed by atoms with Crippen molar-refractivity contribution in [2.75, 3.05) is 5.32 Å². The molecular weight excluding hydrogens is 406 g/mol. The number of aryl methyl sites for hydroxylation is 4. The van der Waals surface area contributed by atoms with Crippen molar-refractivity contribution in [1.82, 2.24) is 9.97 Å². The van der Waals surface area contributed by atoms with Gasteiger partial charge in [0.15, 0.2) is 5.82 Å². The predicted molar refractivity (Wildman–Crippen MR) is 133 cm³/mol. The van der Waals surface area contributed by atoms with Gasteiger partial charge in [-0.1, -0.05) is 86.7 Å². The fourth-order valence-corrected chi connectivity index (χ4v) is 5.31. The summed E-state index contributed by atoms with van der Waals surface area (Å²) in [5.74, 6) is 1.47. The summed E-state index contributed by atoms with van der Waals surface area (Å²) in [4.78, 5) is 22.9. The zero-order valence-corrected chi connectivity index (χ0v) is 19.4. The van der Waals surface area contributed by atoms with Gasteiger partial charge in [-0.25, -0.2) is 9.97 Å². The second-order valence-corrected chi connectivity index (χ2v) is 9.55. The summed E-state index contributed by atoms with van der Waals surface area (Å²) in [7, 11) is 0. The highest BCUT2D eigenvalue weighted by atomic mass is 16.1. The van der Waals surface area contributed by atoms with Gasteiger partial charge in [-0.2, -0.15) is 0 Å². The van der Waals surface area contributed by atoms with Crippen LogP contribution in [0.1, 0.15) is 67.5 Å². The normalized spacial score (nSPS) is 15.5. The van der Waals surface area contributed by atoms with Gasteiger partial charge in [0.25, 0.3) is 0 Å². The van der Waals surface area contributed by atoms with Crippen LogP contribution in [-0.4, -0.2) is 15.9 Å². The predicted octanol–water partition coefficient (Wildman–Crippen LogP) is 6.33. The Bertz CT molecular complexity index is 1100. The number of carbonyl (C=O) groups is 1. The van der Waals surface area contributed by atoms with Crippen molar-refractivity contribution in [1.29, 1.82) is 0 Å². The Morgan fingerprint density at radius 3 is 2.52 bits per heavy atom. The average Bonchev–Trinajstić information content (AvgIpc) is 2.87. The van der Waals surface area contributed by atoms with Gasteiger partial charge in [0, 0.05) is 12.0 Å². The first-order chi connectivity index (χ1) is 16.3. The number of benzene rings is 2. The van der Waals surface area contributed by atoms with Crippen LogP contribution in [0, 0.1) is 5.92 Å². The minimum Gasteiger partial charge on any atom is -0.309 e. The van der Waals surface area contributed by atoms with Crippen LogP contribution in [0.15, 0.2) is 54.6 Å². The standard InChI is InChI=1S/C29H33N3O/c33-27(20-16-22-11-5-2-6-12-22)32-29-26(18-15-21-9-3-1-4-10-21)30-28-24-14-8-7-13-23(24)17-19-25(28)31-29/h2,5-8,11-14,21H,1,3-4,9-10,15-20H2,(H,31,32,33). The Kier molecular flexibility index (Phi) is 6.80. The molecule has 0 aliphatic heterocycles. The highest BCUT2D eigenvalue weighted by Gasteiger charge is 2.23. The average molecular weight is 440 g/mol. The zero-order chi connectivity index (χ0) is 22.5. The topological polar surface area (TPSA) is 54.9 Å². The van der Waals surface area contributed by atoms with Crippen molar-refractivity contribution >= 4 is 11.7 Å². The second kappa shape index (κ2) is 10.3. The lowest BCUT2D eigenvalue weighted by molar-refractivity contribution is -0.116. The number of nitrogens with one attached hydrogen (secondary N) is 1. The summed E-state index contributed by atoms with van der Waals surface area (Å²) < 4.78 is 0. The molecule has 1 aromatic heterocycles. The van der Waals surface area contributed by atoms with Gasteiger partial charge in [0.05, 0.1) is 17.1 Å². The number of anilines is 1. The van der Waals surface area contributed by atoms with E-state index in [1.165, 1.54) is 48.8 Å². The van der Waals surface area contributed by atoms with Gasteiger partial charge < -0.3 is 5.32 Å². The molecule has 4 nitrogen and oxygen atoms in total. The lowest BCUT2D eigenvalue weighted by atomic mass is 9.85. The number of nitrogens with zero attached hydrogens (tertiary/aromatic N) is 2. The van der Waals surface area contributed by atoms with E-state index < -0.39 is 0 Å². The van der Waals surface area contributed by atoms with E-state index in [-0.39, 0.29) is 5.91 Å². The Hall–Kier alpha value is -3.01. The van der Waals surface area contributed by atoms with Crippen LogP contribution in [0.4, 0.5) is 5.82 Å². The number of hydrogen-bond donors (Lipinski definition) is 1. The molecule has 0 atom stereocenters. The molecule has 1 N–H and O–H groups in total. The summed E-state index contributed by atoms with van der Waals surface area (Å²) in [6, 6.07) is 18.7. The fraction of sp³-hybridized carbons (Fsp3) is 0.414. The molecule has 2 aromatic carbocycles. The molecule has 0 spiro atoms. The second-order valence-electron chi connectivity index (χ2n) is 9.55. The van der Waals surface area contributed by atoms with Crippen LogP contribution in [0.2, 0.25) is 0 Å². The Balaban J connectivity index is 1.37. The molecule has 1 heterocycles. The molecule has 1 fully saturated rings. The van der Waals surface area contributed by atoms with Crippen molar-refractivity contribution in [2.24, 2.45) is 5.92 Å². The van der Waals surface area contributed by atoms with E-state index in [0.29, 0.717) is 12.2 Å². The molecule has 2 aliphatic rings. The molecule has 1 amide bonds. The summed E-state index contributed by atoms with van der Waals surface area (Å²) >= 11 is 0. The Morgan fingerprint density at radius 2 is 1.67 bits per heavy atom. The van der Waals surface area contributed by atoms with Crippen LogP contribution in [0.3, 0.4) is 0 Å². The molecule has 5 rings (SSSR count). The maximum absolute atomic E-state index is 12.8. The third-order valence-corrected chi connectivity index (χ3v) is 7.20. The molecule has 0 bridgehead atoms. The Morgan fingerprint density at radius 1 is 0.879 bits per heavy atom. The van der Waals surface area contributed by atoms with Crippen molar-refractivity contribution in [3.05, 3.63) is 77.1 Å². The minimum absolute atomic E-state index is 0.0169. The van der Waals surface area contributed by atoms with Crippen molar-refractivity contribution in [3.63, 3.8) is 0 Å². The van der Waals surface area contributed by atoms with E-state index in [1.54, 1.807) is 0 Å². The maximum Gasteiger partial charge on any atom is 0.225 e. The quantitative estimate of drug-likeness (QED) is 0.468. The minimum atomic E-state index is 0.0169. The highest BCUT2D eigenvalue weighted by Crippen LogP contribution is 2.34. The van der Waals surface area contributed by atoms with Gasteiger partial charge in [0.2, 0.25) is 5.91 Å². The van der Waals surface area contributed by atoms with Crippen LogP contribution >= 0.6 is 0 Å². The van der Waals surface area contributed by atoms with Gasteiger partial charge in [-0.15, -0.1) is 0 Å². The smallest absolute Gasteiger partial charge is 0.225 e. The highest BCUT2D eigenvalue weighted by molar-refractivity contribution is 5.90. The van der Waals surface area contributed by atoms with E-state index in [9.17, 15) is 4.79 Å². The van der Waals surface area contributed by atoms with Crippen molar-refractivity contribution in [2.45, 2.75) is 70.6 Å². The fourth-order valence-electron chi connectivity index (χ4n) is 5.31. The summed E-state index contributed by atoms with van der Waals surface area (Å²) in [6.07, 6.45) is 11.7. The molecule has 0 unspecified atom stereocenters. The monoisotopic (exact) mass is 439 g/mol. The maximum atomic E-state index is 12.8. The van der Waals surface area contributed by atoms with Gasteiger partial charge in [0.1, 0.15) is 0 Å². The van der Waals surface area contributed by atoms with E-state index >= 15 is 0 Å². The van der Waals surface area contributed by atoms with E-state index in [4.69, 9.17) is 9.97 Å². The molecule has 2 aliphatic carbocycles. The van der Waals surface area contributed by atoms with Crippen molar-refractivity contribution < 1.29 is 4.79 Å². The van der Waals surface area contributed by atoms with E-state index in [0.717, 1.165) is 55.1 Å². The molecule has 0 saturated heterocycles. The largest absolute Gasteiger partial charge is 0.309 e. The number of rotatable bonds is 7. The molecule has 3 aromatic rings. The first kappa shape index (κ1) is 21.8. The number of carbonyl (C=O) groups excluding carboxylic acids is 1. The van der Waals surface area contributed by atoms with Gasteiger partial charge in [-0.3, -0.25) is 4.79 Å². The first-order valence-corrected chi connectivity index (χ1v) is 12.6. The van der Waals surface area contributed by atoms with Gasteiger partial charge >= 0.3 is 0 Å². The first-order valence-electron chi connectivity index (χ1n) is 12.6. The third-order valence-electron chi connectivity index (χ3n) is 7.20. The number of amides is 1. The summed E-state index contributed by atoms with van der Waals surface area (Å²) in [6.45, 7) is 0. The lowest BCUT2D eigenvalue weighted by Gasteiger charge is -2.23. The van der Waals surface area contributed by atoms with Crippen LogP contribution < -0.4 is 5.32 Å². The van der Waals surface area contributed by atoms with Crippen molar-refractivity contribution in [3.8, 4) is 11.3 Å².